The van der Waals surface area contributed by atoms with Gasteiger partial charge in [-0.25, -0.2) is 0 Å². The van der Waals surface area contributed by atoms with Gasteiger partial charge in [0.25, 0.3) is 0 Å². The number of hydrogen-bond donors (Lipinski definition) is 11. The summed E-state index contributed by atoms with van der Waals surface area (Å²) < 4.78 is 0. The minimum atomic E-state index is -2.12. The maximum absolute atomic E-state index is 14.7. The van der Waals surface area contributed by atoms with Gasteiger partial charge in [-0.1, -0.05) is 354 Å². The molecule has 0 spiro atoms. The van der Waals surface area contributed by atoms with Crippen LogP contribution in [0.15, 0.2) is 334 Å². The number of nitrogens with two attached hydrogens (primary N) is 3. The summed E-state index contributed by atoms with van der Waals surface area (Å²) >= 11 is 0. The number of hydrogen-bond acceptors (Lipinski definition) is 11. The van der Waals surface area contributed by atoms with Crippen LogP contribution in [-0.2, 0) is 41.0 Å². The van der Waals surface area contributed by atoms with Gasteiger partial charge in [0, 0.05) is 53.0 Å². The summed E-state index contributed by atoms with van der Waals surface area (Å²) in [5.41, 5.74) is 22.7. The standard InChI is InChI=1S/C53H59N3O6.C45H48O6/c1-35(54)42(36-22-10-4-11-23-36)45(48(58)59)43(37-24-12-5-13-25-37)46(57)44(38-26-14-6-15-27-38)47(55)52(50(61)62,40-30-18-8-19-31-40)34-53(56,41-32-20-9-21-33-41)49(60)51(2,3)39-28-16-7-17-29-39;1-31(43(48)49)38(33-18-8-3-9-19-33)28-39(34-20-10-4-11-21-34)42(47)41(36-24-14-6-15-25-36)30-45(44(50)51,37-26-16-7-17-27-37)29-40(32(2)46)35-22-12-5-13-23-35/h4-33,35,42-47,49,57,60H,34,54-56H2,1-3H3,(H,58,59)(H,61,62);3-27,31-32,38-42,46-47H,28-30H2,1-2H3,(H,48,49)(H,50,51). The summed E-state index contributed by atoms with van der Waals surface area (Å²) in [6.45, 7) is 8.89. The average molecular weight is 1520 g/mol. The van der Waals surface area contributed by atoms with E-state index in [0.29, 0.717) is 39.8 Å². The minimum absolute atomic E-state index is 0.0292. The fourth-order valence-corrected chi connectivity index (χ4v) is 17.6. The third-order valence-electron chi connectivity index (χ3n) is 23.8. The van der Waals surface area contributed by atoms with E-state index in [1.54, 1.807) is 136 Å². The maximum Gasteiger partial charge on any atom is 0.315 e. The molecule has 0 aliphatic carbocycles. The van der Waals surface area contributed by atoms with Gasteiger partial charge in [-0.2, -0.15) is 0 Å². The lowest BCUT2D eigenvalue weighted by Gasteiger charge is -2.51. The Hall–Kier alpha value is -11.0. The number of carboxylic acids is 4. The van der Waals surface area contributed by atoms with Crippen molar-refractivity contribution in [1.29, 1.82) is 0 Å². The van der Waals surface area contributed by atoms with E-state index in [-0.39, 0.29) is 12.8 Å². The molecule has 0 saturated heterocycles. The van der Waals surface area contributed by atoms with Gasteiger partial charge in [-0.3, -0.25) is 19.2 Å². The highest BCUT2D eigenvalue weighted by Gasteiger charge is 2.59. The van der Waals surface area contributed by atoms with Crippen LogP contribution in [0.25, 0.3) is 0 Å². The molecular weight excluding hydrogens is 1410 g/mol. The van der Waals surface area contributed by atoms with Crippen LogP contribution in [-0.4, -0.2) is 101 Å². The van der Waals surface area contributed by atoms with Crippen molar-refractivity contribution in [2.45, 2.75) is 160 Å². The Balaban J connectivity index is 0.000000244. The second-order valence-electron chi connectivity index (χ2n) is 31.1. The van der Waals surface area contributed by atoms with E-state index in [2.05, 4.69) is 0 Å². The van der Waals surface area contributed by atoms with Crippen molar-refractivity contribution in [2.75, 3.05) is 0 Å². The van der Waals surface area contributed by atoms with Crippen LogP contribution in [0, 0.1) is 11.8 Å². The zero-order chi connectivity index (χ0) is 81.0. The normalized spacial score (nSPS) is 17.3. The second-order valence-corrected chi connectivity index (χ2v) is 31.1. The van der Waals surface area contributed by atoms with Crippen LogP contribution in [0.4, 0.5) is 0 Å². The van der Waals surface area contributed by atoms with E-state index in [4.69, 9.17) is 17.2 Å². The predicted molar refractivity (Wildman–Crippen MR) is 445 cm³/mol. The topological polar surface area (TPSA) is 308 Å². The zero-order valence-corrected chi connectivity index (χ0v) is 64.7. The van der Waals surface area contributed by atoms with Crippen molar-refractivity contribution < 1.29 is 60.0 Å². The summed E-state index contributed by atoms with van der Waals surface area (Å²) in [6, 6.07) is 99.0. The number of benzene rings is 11. The summed E-state index contributed by atoms with van der Waals surface area (Å²) in [4.78, 5) is 55.1. The van der Waals surface area contributed by atoms with Crippen LogP contribution < -0.4 is 17.2 Å². The molecule has 0 fully saturated rings. The first-order valence-electron chi connectivity index (χ1n) is 38.8. The Morgan fingerprint density at radius 1 is 0.345 bits per heavy atom. The molecule has 11 aromatic rings. The number of aliphatic carboxylic acids is 4. The van der Waals surface area contributed by atoms with Gasteiger partial charge in [0.15, 0.2) is 0 Å². The van der Waals surface area contributed by atoms with Crippen LogP contribution in [0.2, 0.25) is 0 Å². The third kappa shape index (κ3) is 19.2. The smallest absolute Gasteiger partial charge is 0.315 e. The highest BCUT2D eigenvalue weighted by molar-refractivity contribution is 5.84. The molecule has 0 aliphatic heterocycles. The van der Waals surface area contributed by atoms with Crippen LogP contribution >= 0.6 is 0 Å². The van der Waals surface area contributed by atoms with Crippen molar-refractivity contribution in [3.63, 3.8) is 0 Å². The fourth-order valence-electron chi connectivity index (χ4n) is 17.6. The Morgan fingerprint density at radius 3 is 1.03 bits per heavy atom. The number of rotatable bonds is 36. The molecule has 0 aliphatic rings. The van der Waals surface area contributed by atoms with E-state index in [0.717, 1.165) is 27.8 Å². The Bertz CT molecular complexity index is 4740. The van der Waals surface area contributed by atoms with Gasteiger partial charge in [-0.15, -0.1) is 0 Å². The Morgan fingerprint density at radius 2 is 0.664 bits per heavy atom. The van der Waals surface area contributed by atoms with Crippen molar-refractivity contribution in [3.8, 4) is 0 Å². The highest BCUT2D eigenvalue weighted by Crippen LogP contribution is 2.53. The fraction of sp³-hybridized carbons (Fsp3) is 0.286. The predicted octanol–water partition coefficient (Wildman–Crippen LogP) is 16.5. The van der Waals surface area contributed by atoms with Crippen molar-refractivity contribution in [3.05, 3.63) is 395 Å². The monoisotopic (exact) mass is 1520 g/mol. The minimum Gasteiger partial charge on any atom is -0.481 e. The molecule has 0 heterocycles. The van der Waals surface area contributed by atoms with Gasteiger partial charge in [0.1, 0.15) is 5.41 Å². The molecule has 586 valence electrons. The zero-order valence-electron chi connectivity index (χ0n) is 64.7. The molecule has 11 rings (SSSR count). The van der Waals surface area contributed by atoms with Crippen molar-refractivity contribution in [2.24, 2.45) is 29.0 Å². The molecule has 15 heteroatoms. The molecule has 0 saturated carbocycles. The number of aliphatic hydroxyl groups is 4. The molecule has 14 N–H and O–H groups in total. The molecule has 18 atom stereocenters. The molecule has 113 heavy (non-hydrogen) atoms. The van der Waals surface area contributed by atoms with E-state index < -0.39 is 142 Å². The van der Waals surface area contributed by atoms with E-state index in [1.165, 1.54) is 0 Å². The SMILES string of the molecule is CC(N)C(c1ccccc1)C(C(=O)O)C(c1ccccc1)C(O)C(c1ccccc1)C(N)C(CC(N)(c1ccccc1)C(O)C(C)(C)c1ccccc1)(C(=O)O)c1ccccc1.CC(O)C(CC(CC(c1ccccc1)C(O)C(CC(c1ccccc1)C(C)C(=O)O)c1ccccc1)(C(=O)O)c1ccccc1)c1ccccc1. The molecule has 0 bridgehead atoms. The molecular formula is C98H107N3O12. The average Bonchev–Trinajstić information content (AvgIpc) is 0.744. The first kappa shape index (κ1) is 84.5. The highest BCUT2D eigenvalue weighted by atomic mass is 16.4. The van der Waals surface area contributed by atoms with Gasteiger partial charge < -0.3 is 58.1 Å². The lowest BCUT2D eigenvalue weighted by atomic mass is 9.56. The lowest BCUT2D eigenvalue weighted by molar-refractivity contribution is -0.149. The van der Waals surface area contributed by atoms with Crippen LogP contribution in [0.5, 0.6) is 0 Å². The quantitative estimate of drug-likeness (QED) is 0.0174. The lowest BCUT2D eigenvalue weighted by Crippen LogP contribution is -2.65. The van der Waals surface area contributed by atoms with Gasteiger partial charge in [0.2, 0.25) is 0 Å². The van der Waals surface area contributed by atoms with Gasteiger partial charge in [0.05, 0.1) is 47.2 Å². The van der Waals surface area contributed by atoms with E-state index in [9.17, 15) is 60.0 Å². The van der Waals surface area contributed by atoms with Crippen molar-refractivity contribution >= 4 is 23.9 Å². The van der Waals surface area contributed by atoms with Gasteiger partial charge >= 0.3 is 23.9 Å². The Labute approximate surface area is 664 Å². The number of aliphatic hydroxyl groups excluding tert-OH is 4. The van der Waals surface area contributed by atoms with E-state index >= 15 is 0 Å². The van der Waals surface area contributed by atoms with Crippen LogP contribution in [0.3, 0.4) is 0 Å². The Kier molecular flexibility index (Phi) is 28.8. The molecule has 0 amide bonds. The number of carbonyl (C=O) groups is 4. The molecule has 0 aromatic heterocycles. The summed E-state index contributed by atoms with van der Waals surface area (Å²) in [6.07, 6.45) is -4.95. The molecule has 15 nitrogen and oxygen atoms in total. The number of carboxylic acid groups (broad SMARTS) is 4. The maximum atomic E-state index is 14.7. The first-order chi connectivity index (χ1) is 54.3. The summed E-state index contributed by atoms with van der Waals surface area (Å²) in [5, 5.41) is 95.2. The summed E-state index contributed by atoms with van der Waals surface area (Å²) in [7, 11) is 0. The second kappa shape index (κ2) is 38.5. The van der Waals surface area contributed by atoms with Crippen LogP contribution in [0.1, 0.15) is 163 Å². The largest absolute Gasteiger partial charge is 0.481 e. The van der Waals surface area contributed by atoms with E-state index in [1.807, 2.05) is 232 Å². The summed E-state index contributed by atoms with van der Waals surface area (Å²) in [5.74, 6) is -11.9. The third-order valence-corrected chi connectivity index (χ3v) is 23.8. The molecule has 18 unspecified atom stereocenters. The first-order valence-corrected chi connectivity index (χ1v) is 38.8. The van der Waals surface area contributed by atoms with Crippen molar-refractivity contribution in [1.82, 2.24) is 0 Å². The molecule has 0 radical (unpaired) electrons. The van der Waals surface area contributed by atoms with Gasteiger partial charge in [-0.05, 0) is 107 Å². The molecule has 11 aromatic carbocycles.